The maximum Gasteiger partial charge on any atom is 0.0883 e. The van der Waals surface area contributed by atoms with Crippen molar-refractivity contribution in [2.24, 2.45) is 0 Å². The molecule has 0 aliphatic rings. The average molecular weight is 279 g/mol. The summed E-state index contributed by atoms with van der Waals surface area (Å²) < 4.78 is 6.05. The van der Waals surface area contributed by atoms with Crippen molar-refractivity contribution in [1.29, 1.82) is 0 Å². The van der Waals surface area contributed by atoms with Gasteiger partial charge < -0.3 is 9.84 Å². The topological polar surface area (TPSA) is 29.5 Å². The van der Waals surface area contributed by atoms with E-state index in [2.05, 4.69) is 15.9 Å². The van der Waals surface area contributed by atoms with Crippen molar-refractivity contribution in [3.8, 4) is 0 Å². The second-order valence-electron chi connectivity index (χ2n) is 3.26. The van der Waals surface area contributed by atoms with E-state index in [0.29, 0.717) is 6.61 Å². The van der Waals surface area contributed by atoms with E-state index in [9.17, 15) is 5.11 Å². The Kier molecular flexibility index (Phi) is 5.09. The highest BCUT2D eigenvalue weighted by Gasteiger charge is 2.11. The number of hydrogen-bond donors (Lipinski definition) is 1. The molecule has 0 aliphatic carbocycles. The second-order valence-corrected chi connectivity index (χ2v) is 5.66. The van der Waals surface area contributed by atoms with Crippen molar-refractivity contribution in [2.75, 3.05) is 13.7 Å². The molecule has 0 spiro atoms. The Hall–Kier alpha value is 0.1000. The van der Waals surface area contributed by atoms with E-state index < -0.39 is 0 Å². The lowest BCUT2D eigenvalue weighted by Crippen LogP contribution is -1.97. The Bertz CT molecular complexity index is 266. The van der Waals surface area contributed by atoms with E-state index in [-0.39, 0.29) is 6.10 Å². The fourth-order valence-corrected chi connectivity index (χ4v) is 2.80. The predicted molar refractivity (Wildman–Crippen MR) is 62.8 cm³/mol. The third-order valence-electron chi connectivity index (χ3n) is 2.03. The quantitative estimate of drug-likeness (QED) is 0.838. The Morgan fingerprint density at radius 2 is 2.36 bits per heavy atom. The van der Waals surface area contributed by atoms with Crippen molar-refractivity contribution in [3.05, 3.63) is 20.3 Å². The molecule has 14 heavy (non-hydrogen) atoms. The third-order valence-corrected chi connectivity index (χ3v) is 4.27. The molecule has 1 unspecified atom stereocenters. The normalized spacial score (nSPS) is 13.1. The molecule has 2 nitrogen and oxygen atoms in total. The molecule has 0 saturated heterocycles. The molecule has 0 aromatic carbocycles. The highest BCUT2D eigenvalue weighted by Crippen LogP contribution is 2.32. The number of rotatable bonds is 5. The largest absolute Gasteiger partial charge is 0.388 e. The Morgan fingerprint density at radius 3 is 2.86 bits per heavy atom. The van der Waals surface area contributed by atoms with Crippen LogP contribution in [0.2, 0.25) is 0 Å². The molecule has 0 fully saturated rings. The van der Waals surface area contributed by atoms with Gasteiger partial charge in [0, 0.05) is 18.6 Å². The standard InChI is InChI=1S/C10H15BrO2S/c1-7-6-9(14-10(7)11)8(12)4-3-5-13-2/h6,8,12H,3-5H2,1-2H3. The highest BCUT2D eigenvalue weighted by molar-refractivity contribution is 9.11. The molecule has 1 aromatic heterocycles. The molecule has 1 atom stereocenters. The van der Waals surface area contributed by atoms with Crippen LogP contribution >= 0.6 is 27.3 Å². The maximum absolute atomic E-state index is 9.82. The number of aliphatic hydroxyl groups excluding tert-OH is 1. The summed E-state index contributed by atoms with van der Waals surface area (Å²) in [6, 6.07) is 2.03. The summed E-state index contributed by atoms with van der Waals surface area (Å²) in [7, 11) is 1.68. The van der Waals surface area contributed by atoms with Gasteiger partial charge in [0.2, 0.25) is 0 Å². The zero-order valence-electron chi connectivity index (χ0n) is 8.42. The zero-order chi connectivity index (χ0) is 10.6. The van der Waals surface area contributed by atoms with E-state index in [1.54, 1.807) is 18.4 Å². The third kappa shape index (κ3) is 3.35. The van der Waals surface area contributed by atoms with Crippen LogP contribution in [-0.4, -0.2) is 18.8 Å². The lowest BCUT2D eigenvalue weighted by molar-refractivity contribution is 0.138. The van der Waals surface area contributed by atoms with E-state index in [4.69, 9.17) is 4.74 Å². The Labute approximate surface area is 97.0 Å². The molecule has 1 aromatic rings. The molecule has 0 amide bonds. The minimum atomic E-state index is -0.347. The lowest BCUT2D eigenvalue weighted by atomic mass is 10.1. The molecule has 0 saturated carbocycles. The van der Waals surface area contributed by atoms with Crippen LogP contribution in [0.5, 0.6) is 0 Å². The van der Waals surface area contributed by atoms with Crippen LogP contribution in [0.15, 0.2) is 9.85 Å². The van der Waals surface area contributed by atoms with Gasteiger partial charge in [-0.1, -0.05) is 0 Å². The van der Waals surface area contributed by atoms with Crippen molar-refractivity contribution in [3.63, 3.8) is 0 Å². The first-order chi connectivity index (χ1) is 6.65. The molecular formula is C10H15BrO2S. The zero-order valence-corrected chi connectivity index (χ0v) is 10.8. The molecule has 1 N–H and O–H groups in total. The van der Waals surface area contributed by atoms with Gasteiger partial charge in [0.05, 0.1) is 9.89 Å². The summed E-state index contributed by atoms with van der Waals surface area (Å²) in [6.07, 6.45) is 1.31. The number of aryl methyl sites for hydroxylation is 1. The first-order valence-electron chi connectivity index (χ1n) is 4.58. The lowest BCUT2D eigenvalue weighted by Gasteiger charge is -2.06. The van der Waals surface area contributed by atoms with Gasteiger partial charge in [0.25, 0.3) is 0 Å². The molecule has 0 aliphatic heterocycles. The summed E-state index contributed by atoms with van der Waals surface area (Å²) >= 11 is 5.06. The smallest absolute Gasteiger partial charge is 0.0883 e. The van der Waals surface area contributed by atoms with Crippen LogP contribution in [0, 0.1) is 6.92 Å². The first-order valence-corrected chi connectivity index (χ1v) is 6.19. The summed E-state index contributed by atoms with van der Waals surface area (Å²) in [4.78, 5) is 1.03. The van der Waals surface area contributed by atoms with E-state index >= 15 is 0 Å². The molecule has 1 rings (SSSR count). The van der Waals surface area contributed by atoms with Gasteiger partial charge in [-0.15, -0.1) is 11.3 Å². The van der Waals surface area contributed by atoms with Gasteiger partial charge in [0.1, 0.15) is 0 Å². The maximum atomic E-state index is 9.82. The summed E-state index contributed by atoms with van der Waals surface area (Å²) in [6.45, 7) is 2.74. The minimum absolute atomic E-state index is 0.347. The second kappa shape index (κ2) is 5.85. The molecule has 4 heteroatoms. The van der Waals surface area contributed by atoms with Gasteiger partial charge >= 0.3 is 0 Å². The van der Waals surface area contributed by atoms with Crippen LogP contribution in [-0.2, 0) is 4.74 Å². The minimum Gasteiger partial charge on any atom is -0.388 e. The van der Waals surface area contributed by atoms with Crippen LogP contribution in [0.25, 0.3) is 0 Å². The van der Waals surface area contributed by atoms with Crippen molar-refractivity contribution in [2.45, 2.75) is 25.9 Å². The van der Waals surface area contributed by atoms with E-state index in [1.807, 2.05) is 13.0 Å². The van der Waals surface area contributed by atoms with Gasteiger partial charge in [-0.25, -0.2) is 0 Å². The first kappa shape index (κ1) is 12.2. The van der Waals surface area contributed by atoms with Crippen molar-refractivity contribution < 1.29 is 9.84 Å². The molecule has 80 valence electrons. The van der Waals surface area contributed by atoms with E-state index in [1.165, 1.54) is 5.56 Å². The number of ether oxygens (including phenoxy) is 1. The van der Waals surface area contributed by atoms with Crippen LogP contribution < -0.4 is 0 Å². The number of aliphatic hydroxyl groups is 1. The highest BCUT2D eigenvalue weighted by atomic mass is 79.9. The van der Waals surface area contributed by atoms with E-state index in [0.717, 1.165) is 21.5 Å². The fourth-order valence-electron chi connectivity index (χ4n) is 1.21. The van der Waals surface area contributed by atoms with Gasteiger partial charge in [-0.3, -0.25) is 0 Å². The van der Waals surface area contributed by atoms with Crippen LogP contribution in [0.4, 0.5) is 0 Å². The van der Waals surface area contributed by atoms with Gasteiger partial charge in [-0.2, -0.15) is 0 Å². The van der Waals surface area contributed by atoms with Crippen LogP contribution in [0.1, 0.15) is 29.4 Å². The number of thiophene rings is 1. The number of hydrogen-bond acceptors (Lipinski definition) is 3. The SMILES string of the molecule is COCCCC(O)c1cc(C)c(Br)s1. The summed E-state index contributed by atoms with van der Waals surface area (Å²) in [5.41, 5.74) is 1.19. The predicted octanol–water partition coefficient (Wildman–Crippen LogP) is 3.28. The van der Waals surface area contributed by atoms with Crippen molar-refractivity contribution >= 4 is 27.3 Å². The molecular weight excluding hydrogens is 264 g/mol. The molecule has 0 bridgehead atoms. The summed E-state index contributed by atoms with van der Waals surface area (Å²) in [5.74, 6) is 0. The Balaban J connectivity index is 2.47. The monoisotopic (exact) mass is 278 g/mol. The average Bonchev–Trinajstić information content (AvgIpc) is 2.47. The fraction of sp³-hybridized carbons (Fsp3) is 0.600. The Morgan fingerprint density at radius 1 is 1.64 bits per heavy atom. The van der Waals surface area contributed by atoms with Crippen LogP contribution in [0.3, 0.4) is 0 Å². The molecule has 1 heterocycles. The van der Waals surface area contributed by atoms with Gasteiger partial charge in [-0.05, 0) is 47.3 Å². The number of methoxy groups -OCH3 is 1. The molecule has 0 radical (unpaired) electrons. The number of halogens is 1. The van der Waals surface area contributed by atoms with Gasteiger partial charge in [0.15, 0.2) is 0 Å². The van der Waals surface area contributed by atoms with Crippen molar-refractivity contribution in [1.82, 2.24) is 0 Å². The summed E-state index contributed by atoms with van der Waals surface area (Å²) in [5, 5.41) is 9.82.